The van der Waals surface area contributed by atoms with Gasteiger partial charge < -0.3 is 14.2 Å². The molecule has 0 aliphatic carbocycles. The average Bonchev–Trinajstić information content (AvgIpc) is 3.43. The third-order valence-electron chi connectivity index (χ3n) is 14.1. The summed E-state index contributed by atoms with van der Waals surface area (Å²) in [6.07, 6.45) is 87.4. The van der Waals surface area contributed by atoms with Gasteiger partial charge in [-0.1, -0.05) is 279 Å². The van der Waals surface area contributed by atoms with Gasteiger partial charge in [-0.05, 0) is 116 Å². The van der Waals surface area contributed by atoms with Crippen molar-refractivity contribution in [2.24, 2.45) is 0 Å². The molecule has 0 aliphatic rings. The molecule has 0 amide bonds. The Hall–Kier alpha value is -3.67. The van der Waals surface area contributed by atoms with Crippen LogP contribution in [0, 0.1) is 0 Å². The Labute approximate surface area is 477 Å². The molecule has 0 aromatic heterocycles. The molecule has 0 fully saturated rings. The zero-order valence-corrected chi connectivity index (χ0v) is 50.7. The summed E-state index contributed by atoms with van der Waals surface area (Å²) in [5, 5.41) is 0. The van der Waals surface area contributed by atoms with Crippen LogP contribution < -0.4 is 0 Å². The van der Waals surface area contributed by atoms with Crippen molar-refractivity contribution >= 4 is 17.9 Å². The van der Waals surface area contributed by atoms with Crippen molar-refractivity contribution in [2.45, 2.75) is 322 Å². The highest BCUT2D eigenvalue weighted by molar-refractivity contribution is 5.71. The summed E-state index contributed by atoms with van der Waals surface area (Å²) in [4.78, 5) is 38.2. The van der Waals surface area contributed by atoms with Gasteiger partial charge in [-0.25, -0.2) is 0 Å². The fourth-order valence-corrected chi connectivity index (χ4v) is 9.21. The summed E-state index contributed by atoms with van der Waals surface area (Å²) in [7, 11) is 0. The van der Waals surface area contributed by atoms with Gasteiger partial charge in [-0.15, -0.1) is 0 Å². The normalized spacial score (nSPS) is 12.7. The van der Waals surface area contributed by atoms with Crippen molar-refractivity contribution < 1.29 is 28.6 Å². The standard InChI is InChI=1S/C71H122O6/c1-4-7-10-13-16-19-22-25-27-28-29-30-31-32-33-34-35-36-37-38-39-40-41-42-44-46-49-52-55-58-61-64-70(73)76-67-68(66-75-69(72)63-60-57-54-51-48-45-24-21-18-15-12-9-6-3)77-71(74)65-62-59-56-53-50-47-43-26-23-20-17-14-11-8-5-2/h8-9,11-12,17-18,20-21,26,28-29,43,45,48,50,53,68H,4-7,10,13-16,19,22-25,27,30-42,44,46-47,49,51-52,54-67H2,1-3H3/b11-8-,12-9-,20-17-,21-18-,29-28-,43-26-,48-45-,53-50-. The molecule has 0 radical (unpaired) electrons. The zero-order valence-electron chi connectivity index (χ0n) is 50.7. The number of ether oxygens (including phenoxy) is 3. The summed E-state index contributed by atoms with van der Waals surface area (Å²) >= 11 is 0. The molecule has 0 aromatic carbocycles. The van der Waals surface area contributed by atoms with E-state index in [0.717, 1.165) is 103 Å². The molecule has 0 rings (SSSR count). The topological polar surface area (TPSA) is 78.9 Å². The molecule has 0 saturated heterocycles. The van der Waals surface area contributed by atoms with Crippen molar-refractivity contribution in [2.75, 3.05) is 13.2 Å². The molecule has 442 valence electrons. The summed E-state index contributed by atoms with van der Waals surface area (Å²) in [5.41, 5.74) is 0. The van der Waals surface area contributed by atoms with Crippen LogP contribution in [-0.4, -0.2) is 37.2 Å². The summed E-state index contributed by atoms with van der Waals surface area (Å²) in [5.74, 6) is -0.968. The Balaban J connectivity index is 4.19. The van der Waals surface area contributed by atoms with Crippen LogP contribution in [0.25, 0.3) is 0 Å². The lowest BCUT2D eigenvalue weighted by atomic mass is 10.0. The predicted octanol–water partition coefficient (Wildman–Crippen LogP) is 22.4. The molecular weight excluding hydrogens is 949 g/mol. The number of allylic oxidation sites excluding steroid dienone is 16. The Morgan fingerprint density at radius 3 is 0.844 bits per heavy atom. The van der Waals surface area contributed by atoms with Crippen molar-refractivity contribution in [3.8, 4) is 0 Å². The molecule has 0 heterocycles. The van der Waals surface area contributed by atoms with Crippen LogP contribution in [0.2, 0.25) is 0 Å². The first-order valence-corrected chi connectivity index (χ1v) is 32.7. The maximum atomic E-state index is 12.9. The fourth-order valence-electron chi connectivity index (χ4n) is 9.21. The minimum atomic E-state index is -0.812. The summed E-state index contributed by atoms with van der Waals surface area (Å²) in [6.45, 7) is 6.37. The van der Waals surface area contributed by atoms with Crippen LogP contribution >= 0.6 is 0 Å². The van der Waals surface area contributed by atoms with Crippen molar-refractivity contribution in [3.63, 3.8) is 0 Å². The van der Waals surface area contributed by atoms with Gasteiger partial charge in [0.2, 0.25) is 0 Å². The van der Waals surface area contributed by atoms with E-state index in [1.807, 2.05) is 0 Å². The summed E-state index contributed by atoms with van der Waals surface area (Å²) < 4.78 is 16.8. The molecule has 0 spiro atoms. The quantitative estimate of drug-likeness (QED) is 0.0261. The van der Waals surface area contributed by atoms with Crippen molar-refractivity contribution in [3.05, 3.63) is 97.2 Å². The SMILES string of the molecule is CC/C=C\C/C=C\C/C=C\C/C=C\CCCCC(=O)OC(COC(=O)CCCCC/C=C\C/C=C\C/C=C\CC)COC(=O)CCCCCCCCCCCCCCCCCCCCC/C=C\CCCCCCCCCC. The minimum Gasteiger partial charge on any atom is -0.462 e. The first kappa shape index (κ1) is 73.3. The second-order valence-corrected chi connectivity index (χ2v) is 21.6. The van der Waals surface area contributed by atoms with E-state index in [1.54, 1.807) is 0 Å². The molecular formula is C71H122O6. The van der Waals surface area contributed by atoms with E-state index in [4.69, 9.17) is 14.2 Å². The molecule has 77 heavy (non-hydrogen) atoms. The highest BCUT2D eigenvalue weighted by atomic mass is 16.6. The van der Waals surface area contributed by atoms with Gasteiger partial charge in [0.05, 0.1) is 0 Å². The van der Waals surface area contributed by atoms with Crippen LogP contribution in [0.3, 0.4) is 0 Å². The number of rotatable bonds is 59. The number of hydrogen-bond acceptors (Lipinski definition) is 6. The number of unbranched alkanes of at least 4 members (excludes halogenated alkanes) is 32. The highest BCUT2D eigenvalue weighted by Gasteiger charge is 2.19. The Kier molecular flexibility index (Phi) is 61.8. The molecule has 1 unspecified atom stereocenters. The lowest BCUT2D eigenvalue weighted by Crippen LogP contribution is -2.30. The van der Waals surface area contributed by atoms with Gasteiger partial charge >= 0.3 is 17.9 Å². The van der Waals surface area contributed by atoms with Gasteiger partial charge in [0, 0.05) is 19.3 Å². The molecule has 6 nitrogen and oxygen atoms in total. The lowest BCUT2D eigenvalue weighted by Gasteiger charge is -2.18. The van der Waals surface area contributed by atoms with Gasteiger partial charge in [0.25, 0.3) is 0 Å². The Morgan fingerprint density at radius 1 is 0.273 bits per heavy atom. The number of hydrogen-bond donors (Lipinski definition) is 0. The van der Waals surface area contributed by atoms with Crippen LogP contribution in [-0.2, 0) is 28.6 Å². The van der Waals surface area contributed by atoms with Crippen molar-refractivity contribution in [1.82, 2.24) is 0 Å². The lowest BCUT2D eigenvalue weighted by molar-refractivity contribution is -0.167. The van der Waals surface area contributed by atoms with Crippen LogP contribution in [0.1, 0.15) is 316 Å². The van der Waals surface area contributed by atoms with Crippen LogP contribution in [0.15, 0.2) is 97.2 Å². The predicted molar refractivity (Wildman–Crippen MR) is 334 cm³/mol. The molecule has 0 aromatic rings. The number of esters is 3. The van der Waals surface area contributed by atoms with E-state index in [-0.39, 0.29) is 37.5 Å². The summed E-state index contributed by atoms with van der Waals surface area (Å²) in [6, 6.07) is 0. The molecule has 1 atom stereocenters. The van der Waals surface area contributed by atoms with E-state index in [9.17, 15) is 14.4 Å². The molecule has 0 aliphatic heterocycles. The Morgan fingerprint density at radius 2 is 0.506 bits per heavy atom. The third kappa shape index (κ3) is 63.0. The van der Waals surface area contributed by atoms with Crippen LogP contribution in [0.5, 0.6) is 0 Å². The molecule has 6 heteroatoms. The minimum absolute atomic E-state index is 0.102. The number of carbonyl (C=O) groups is 3. The average molecular weight is 1070 g/mol. The van der Waals surface area contributed by atoms with E-state index >= 15 is 0 Å². The maximum absolute atomic E-state index is 12.9. The number of carbonyl (C=O) groups excluding carboxylic acids is 3. The van der Waals surface area contributed by atoms with Gasteiger partial charge in [0.1, 0.15) is 13.2 Å². The van der Waals surface area contributed by atoms with E-state index in [1.165, 1.54) is 167 Å². The van der Waals surface area contributed by atoms with E-state index in [2.05, 4.69) is 118 Å². The van der Waals surface area contributed by atoms with E-state index in [0.29, 0.717) is 19.3 Å². The van der Waals surface area contributed by atoms with Crippen LogP contribution in [0.4, 0.5) is 0 Å². The smallest absolute Gasteiger partial charge is 0.306 e. The van der Waals surface area contributed by atoms with Gasteiger partial charge in [0.15, 0.2) is 6.10 Å². The zero-order chi connectivity index (χ0) is 55.7. The van der Waals surface area contributed by atoms with Gasteiger partial charge in [-0.2, -0.15) is 0 Å². The third-order valence-corrected chi connectivity index (χ3v) is 14.1. The molecule has 0 bridgehead atoms. The Bertz CT molecular complexity index is 1510. The van der Waals surface area contributed by atoms with Gasteiger partial charge in [-0.3, -0.25) is 14.4 Å². The maximum Gasteiger partial charge on any atom is 0.306 e. The fraction of sp³-hybridized carbons (Fsp3) is 0.732. The molecule has 0 N–H and O–H groups in total. The second-order valence-electron chi connectivity index (χ2n) is 21.6. The highest BCUT2D eigenvalue weighted by Crippen LogP contribution is 2.17. The van der Waals surface area contributed by atoms with E-state index < -0.39 is 6.10 Å². The largest absolute Gasteiger partial charge is 0.462 e. The monoisotopic (exact) mass is 1070 g/mol. The first-order valence-electron chi connectivity index (χ1n) is 32.7. The van der Waals surface area contributed by atoms with Crippen molar-refractivity contribution in [1.29, 1.82) is 0 Å². The second kappa shape index (κ2) is 64.9. The first-order chi connectivity index (χ1) is 38.0. The molecule has 0 saturated carbocycles.